The van der Waals surface area contributed by atoms with Crippen molar-refractivity contribution in [3.8, 4) is 0 Å². The Bertz CT molecular complexity index is 965. The summed E-state index contributed by atoms with van der Waals surface area (Å²) in [7, 11) is 0. The van der Waals surface area contributed by atoms with Gasteiger partial charge in [-0.05, 0) is 55.7 Å². The van der Waals surface area contributed by atoms with Gasteiger partial charge in [0.25, 0.3) is 5.56 Å². The minimum absolute atomic E-state index is 0.00161. The number of anilines is 1. The number of carbonyl (C=O) groups is 1. The fraction of sp³-hybridized carbons (Fsp3) is 0.474. The summed E-state index contributed by atoms with van der Waals surface area (Å²) in [6, 6.07) is 1.48. The number of carboxylic acid groups (broad SMARTS) is 1. The van der Waals surface area contributed by atoms with Crippen molar-refractivity contribution in [1.29, 1.82) is 0 Å². The van der Waals surface area contributed by atoms with E-state index in [1.807, 2.05) is 4.90 Å². The maximum atomic E-state index is 15.0. The van der Waals surface area contributed by atoms with E-state index in [1.165, 1.54) is 10.5 Å². The summed E-state index contributed by atoms with van der Waals surface area (Å²) >= 11 is 0. The minimum atomic E-state index is -1.28. The predicted molar refractivity (Wildman–Crippen MR) is 96.7 cm³/mol. The molecule has 0 amide bonds. The molecule has 3 N–H and O–H groups in total. The summed E-state index contributed by atoms with van der Waals surface area (Å²) in [6.07, 6.45) is 4.85. The number of rotatable bonds is 3. The van der Waals surface area contributed by atoms with Crippen LogP contribution in [0, 0.1) is 12.7 Å². The molecule has 0 bridgehead atoms. The predicted octanol–water partition coefficient (Wildman–Crippen LogP) is 2.25. The molecule has 138 valence electrons. The van der Waals surface area contributed by atoms with E-state index < -0.39 is 17.3 Å². The summed E-state index contributed by atoms with van der Waals surface area (Å²) < 4.78 is 16.1. The molecule has 7 heteroatoms. The number of fused-ring (bicyclic) bond motifs is 1. The number of nitrogens with two attached hydrogens (primary N) is 1. The van der Waals surface area contributed by atoms with Crippen LogP contribution in [0.1, 0.15) is 53.1 Å². The highest BCUT2D eigenvalue weighted by atomic mass is 19.1. The van der Waals surface area contributed by atoms with Gasteiger partial charge in [0.05, 0.1) is 17.4 Å². The zero-order valence-electron chi connectivity index (χ0n) is 14.7. The molecule has 2 aromatic rings. The summed E-state index contributed by atoms with van der Waals surface area (Å²) in [5.74, 6) is -1.57. The van der Waals surface area contributed by atoms with Crippen molar-refractivity contribution >= 4 is 17.2 Å². The molecule has 1 aliphatic heterocycles. The maximum absolute atomic E-state index is 15.0. The lowest BCUT2D eigenvalue weighted by Gasteiger charge is -2.34. The van der Waals surface area contributed by atoms with E-state index in [0.29, 0.717) is 23.3 Å². The Kier molecular flexibility index (Phi) is 3.99. The van der Waals surface area contributed by atoms with E-state index in [-0.39, 0.29) is 17.5 Å². The molecule has 3 heterocycles. The molecule has 1 saturated heterocycles. The molecule has 0 spiro atoms. The number of nitrogens with zero attached hydrogens (tertiary/aromatic N) is 2. The minimum Gasteiger partial charge on any atom is -0.477 e. The van der Waals surface area contributed by atoms with E-state index in [4.69, 9.17) is 5.73 Å². The van der Waals surface area contributed by atoms with Crippen LogP contribution in [0.5, 0.6) is 0 Å². The highest BCUT2D eigenvalue weighted by molar-refractivity contribution is 5.89. The molecular weight excluding hydrogens is 337 g/mol. The molecule has 0 aromatic carbocycles. The fourth-order valence-corrected chi connectivity index (χ4v) is 4.10. The van der Waals surface area contributed by atoms with Gasteiger partial charge in [0.1, 0.15) is 5.56 Å². The van der Waals surface area contributed by atoms with Crippen molar-refractivity contribution in [1.82, 2.24) is 4.40 Å². The van der Waals surface area contributed by atoms with Gasteiger partial charge in [-0.2, -0.15) is 0 Å². The van der Waals surface area contributed by atoms with Crippen LogP contribution in [0.3, 0.4) is 0 Å². The number of aryl methyl sites for hydroxylation is 1. The fourth-order valence-electron chi connectivity index (χ4n) is 4.10. The molecular formula is C19H22FN3O3. The summed E-state index contributed by atoms with van der Waals surface area (Å²) in [4.78, 5) is 26.0. The average molecular weight is 359 g/mol. The zero-order valence-corrected chi connectivity index (χ0v) is 14.7. The van der Waals surface area contributed by atoms with Crippen LogP contribution in [0.15, 0.2) is 17.1 Å². The number of piperidine rings is 1. The van der Waals surface area contributed by atoms with E-state index in [1.54, 1.807) is 6.92 Å². The van der Waals surface area contributed by atoms with E-state index >= 15 is 0 Å². The first-order chi connectivity index (χ1) is 12.4. The van der Waals surface area contributed by atoms with Crippen LogP contribution >= 0.6 is 0 Å². The third-order valence-corrected chi connectivity index (χ3v) is 5.46. The van der Waals surface area contributed by atoms with Gasteiger partial charge in [0.2, 0.25) is 0 Å². The largest absolute Gasteiger partial charge is 0.477 e. The molecule has 2 aromatic heterocycles. The van der Waals surface area contributed by atoms with Gasteiger partial charge < -0.3 is 15.7 Å². The quantitative estimate of drug-likeness (QED) is 0.878. The summed E-state index contributed by atoms with van der Waals surface area (Å²) in [5, 5.41) is 9.35. The Morgan fingerprint density at radius 3 is 2.69 bits per heavy atom. The average Bonchev–Trinajstić information content (AvgIpc) is 3.40. The summed E-state index contributed by atoms with van der Waals surface area (Å²) in [6.45, 7) is 3.10. The van der Waals surface area contributed by atoms with Gasteiger partial charge in [-0.15, -0.1) is 0 Å². The molecule has 4 rings (SSSR count). The van der Waals surface area contributed by atoms with E-state index in [9.17, 15) is 19.1 Å². The number of hydrogen-bond donors (Lipinski definition) is 2. The first-order valence-electron chi connectivity index (χ1n) is 9.00. The molecule has 2 aliphatic rings. The second kappa shape index (κ2) is 6.09. The molecule has 1 saturated carbocycles. The van der Waals surface area contributed by atoms with Gasteiger partial charge in [0.15, 0.2) is 5.82 Å². The Hall–Kier alpha value is -2.41. The van der Waals surface area contributed by atoms with Gasteiger partial charge in [-0.25, -0.2) is 9.18 Å². The van der Waals surface area contributed by atoms with Gasteiger partial charge in [-0.3, -0.25) is 9.20 Å². The lowest BCUT2D eigenvalue weighted by Crippen LogP contribution is -2.43. The van der Waals surface area contributed by atoms with E-state index in [2.05, 4.69) is 0 Å². The maximum Gasteiger partial charge on any atom is 0.341 e. The second-order valence-corrected chi connectivity index (χ2v) is 7.42. The topological polar surface area (TPSA) is 88.0 Å². The van der Waals surface area contributed by atoms with Crippen LogP contribution in [0.4, 0.5) is 10.1 Å². The molecule has 26 heavy (non-hydrogen) atoms. The van der Waals surface area contributed by atoms with Crippen molar-refractivity contribution in [2.24, 2.45) is 5.73 Å². The number of pyridine rings is 2. The molecule has 1 aliphatic carbocycles. The lowest BCUT2D eigenvalue weighted by atomic mass is 10.00. The van der Waals surface area contributed by atoms with Crippen molar-refractivity contribution in [2.45, 2.75) is 44.6 Å². The first-order valence-corrected chi connectivity index (χ1v) is 9.00. The van der Waals surface area contributed by atoms with E-state index in [0.717, 1.165) is 44.0 Å². The van der Waals surface area contributed by atoms with Gasteiger partial charge in [-0.1, -0.05) is 0 Å². The zero-order chi connectivity index (χ0) is 18.6. The van der Waals surface area contributed by atoms with Crippen molar-refractivity contribution in [3.05, 3.63) is 45.1 Å². The molecule has 0 radical (unpaired) electrons. The molecule has 6 nitrogen and oxygen atoms in total. The molecule has 2 fully saturated rings. The smallest absolute Gasteiger partial charge is 0.341 e. The lowest BCUT2D eigenvalue weighted by molar-refractivity contribution is 0.0694. The standard InChI is InChI=1S/C19H22FN3O3/c1-10-16-13(11-4-5-11)7-14(19(25)26)18(24)23(16)9-15(20)17(10)22-6-2-3-12(21)8-22/h7,9,11-12H,2-6,8,21H2,1H3,(H,25,26)/t12-/m0/s1. The van der Waals surface area contributed by atoms with Crippen LogP contribution in [0.2, 0.25) is 0 Å². The number of aromatic nitrogens is 1. The third kappa shape index (κ3) is 2.67. The van der Waals surface area contributed by atoms with Crippen LogP contribution < -0.4 is 16.2 Å². The Labute approximate surface area is 150 Å². The van der Waals surface area contributed by atoms with Crippen molar-refractivity contribution < 1.29 is 14.3 Å². The van der Waals surface area contributed by atoms with Gasteiger partial charge in [0, 0.05) is 19.1 Å². The highest BCUT2D eigenvalue weighted by Crippen LogP contribution is 2.44. The second-order valence-electron chi connectivity index (χ2n) is 7.42. The van der Waals surface area contributed by atoms with Gasteiger partial charge >= 0.3 is 5.97 Å². The van der Waals surface area contributed by atoms with Crippen molar-refractivity contribution in [3.63, 3.8) is 0 Å². The third-order valence-electron chi connectivity index (χ3n) is 5.46. The van der Waals surface area contributed by atoms with Crippen LogP contribution in [0.25, 0.3) is 5.52 Å². The Morgan fingerprint density at radius 2 is 2.08 bits per heavy atom. The first kappa shape index (κ1) is 17.0. The SMILES string of the molecule is Cc1c(N2CCC[C@H](N)C2)c(F)cn2c(=O)c(C(=O)O)cc(C3CC3)c12. The molecule has 0 unspecified atom stereocenters. The Morgan fingerprint density at radius 1 is 1.35 bits per heavy atom. The number of hydrogen-bond acceptors (Lipinski definition) is 4. The number of carboxylic acids is 1. The van der Waals surface area contributed by atoms with Crippen LogP contribution in [-0.4, -0.2) is 34.6 Å². The van der Waals surface area contributed by atoms with Crippen molar-refractivity contribution in [2.75, 3.05) is 18.0 Å². The van der Waals surface area contributed by atoms with Crippen LogP contribution in [-0.2, 0) is 0 Å². The number of aromatic carboxylic acids is 1. The normalized spacial score (nSPS) is 20.6. The Balaban J connectivity index is 2.00. The summed E-state index contributed by atoms with van der Waals surface area (Å²) in [5.41, 5.74) is 7.66. The monoisotopic (exact) mass is 359 g/mol. The highest BCUT2D eigenvalue weighted by Gasteiger charge is 2.31. The molecule has 1 atom stereocenters. The number of halogens is 1.